The normalized spacial score (nSPS) is 13.5. The molecule has 32 heavy (non-hydrogen) atoms. The van der Waals surface area contributed by atoms with Gasteiger partial charge in [-0.05, 0) is 66.7 Å². The molecule has 2 aromatic rings. The lowest BCUT2D eigenvalue weighted by Gasteiger charge is -2.39. The zero-order valence-electron chi connectivity index (χ0n) is 19.3. The molecule has 10 heteroatoms. The van der Waals surface area contributed by atoms with E-state index < -0.39 is 30.4 Å². The molecular formula is C22H31ClN2O5SSi. The summed E-state index contributed by atoms with van der Waals surface area (Å²) in [6.45, 7) is 9.85. The van der Waals surface area contributed by atoms with Gasteiger partial charge in [-0.15, -0.1) is 0 Å². The first kappa shape index (κ1) is 26.2. The topological polar surface area (TPSA) is 98.9 Å². The van der Waals surface area contributed by atoms with Crippen molar-refractivity contribution in [1.82, 2.24) is 0 Å². The van der Waals surface area contributed by atoms with Gasteiger partial charge in [-0.1, -0.05) is 32.4 Å². The van der Waals surface area contributed by atoms with Gasteiger partial charge in [0.1, 0.15) is 17.6 Å². The van der Waals surface area contributed by atoms with Crippen LogP contribution in [0, 0.1) is 0 Å². The Balaban J connectivity index is 2.27. The number of ether oxygens (including phenoxy) is 1. The van der Waals surface area contributed by atoms with Crippen molar-refractivity contribution in [1.29, 1.82) is 0 Å². The summed E-state index contributed by atoms with van der Waals surface area (Å²) >= 11 is 5.88. The molecule has 1 amide bonds. The van der Waals surface area contributed by atoms with Gasteiger partial charge in [-0.3, -0.25) is 9.10 Å². The van der Waals surface area contributed by atoms with E-state index in [-0.39, 0.29) is 11.6 Å². The summed E-state index contributed by atoms with van der Waals surface area (Å²) in [7, 11) is -6.07. The molecule has 2 rings (SSSR count). The highest BCUT2D eigenvalue weighted by molar-refractivity contribution is 7.92. The van der Waals surface area contributed by atoms with Crippen molar-refractivity contribution in [3.05, 3.63) is 53.6 Å². The molecule has 0 bridgehead atoms. The molecule has 0 spiro atoms. The number of nitrogens with zero attached hydrogens (tertiary/aromatic N) is 1. The first-order chi connectivity index (χ1) is 14.6. The van der Waals surface area contributed by atoms with Gasteiger partial charge in [-0.25, -0.2) is 8.42 Å². The van der Waals surface area contributed by atoms with Crippen molar-refractivity contribution in [2.45, 2.75) is 45.0 Å². The van der Waals surface area contributed by atoms with E-state index in [9.17, 15) is 13.2 Å². The molecule has 0 saturated carbocycles. The minimum absolute atomic E-state index is 0.169. The number of amides is 1. The van der Waals surface area contributed by atoms with Crippen LogP contribution in [0.1, 0.15) is 20.8 Å². The molecule has 0 heterocycles. The minimum Gasteiger partial charge on any atom is -0.457 e. The molecule has 0 aliphatic heterocycles. The van der Waals surface area contributed by atoms with Gasteiger partial charge in [0.25, 0.3) is 0 Å². The van der Waals surface area contributed by atoms with E-state index >= 15 is 0 Å². The zero-order valence-corrected chi connectivity index (χ0v) is 21.8. The highest BCUT2D eigenvalue weighted by Crippen LogP contribution is 2.37. The van der Waals surface area contributed by atoms with Gasteiger partial charge >= 0.3 is 0 Å². The predicted molar refractivity (Wildman–Crippen MR) is 131 cm³/mol. The Kier molecular flexibility index (Phi) is 8.04. The SMILES string of the molecule is CC(C)(C)[Si](C)(C)O[C@@H](CN(c1ccc(Oc2ccc(Cl)cc2)cc1)S(C)(=O)=O)C(N)=O. The Morgan fingerprint density at radius 3 is 1.94 bits per heavy atom. The first-order valence-corrected chi connectivity index (χ1v) is 15.2. The molecule has 0 aromatic heterocycles. The van der Waals surface area contributed by atoms with E-state index in [1.807, 2.05) is 33.9 Å². The third-order valence-corrected chi connectivity index (χ3v) is 11.4. The molecule has 0 radical (unpaired) electrons. The summed E-state index contributed by atoms with van der Waals surface area (Å²) in [6, 6.07) is 13.4. The molecule has 7 nitrogen and oxygen atoms in total. The average Bonchev–Trinajstić information content (AvgIpc) is 2.65. The smallest absolute Gasteiger partial charge is 0.247 e. The molecule has 0 aliphatic rings. The lowest BCUT2D eigenvalue weighted by Crippen LogP contribution is -2.52. The van der Waals surface area contributed by atoms with Crippen molar-refractivity contribution < 1.29 is 22.4 Å². The number of carbonyl (C=O) groups is 1. The minimum atomic E-state index is -3.71. The third-order valence-electron chi connectivity index (χ3n) is 5.47. The molecule has 0 unspecified atom stereocenters. The summed E-state index contributed by atoms with van der Waals surface area (Å²) in [4.78, 5) is 12.1. The Morgan fingerprint density at radius 1 is 1.06 bits per heavy atom. The lowest BCUT2D eigenvalue weighted by atomic mass is 10.2. The number of hydrogen-bond donors (Lipinski definition) is 1. The maximum atomic E-state index is 12.5. The molecule has 2 N–H and O–H groups in total. The van der Waals surface area contributed by atoms with Crippen molar-refractivity contribution in [2.24, 2.45) is 5.73 Å². The largest absolute Gasteiger partial charge is 0.457 e. The van der Waals surface area contributed by atoms with Crippen LogP contribution in [0.2, 0.25) is 23.2 Å². The van der Waals surface area contributed by atoms with Gasteiger partial charge < -0.3 is 14.9 Å². The van der Waals surface area contributed by atoms with E-state index in [1.54, 1.807) is 48.5 Å². The van der Waals surface area contributed by atoms with Gasteiger partial charge in [0.2, 0.25) is 15.9 Å². The van der Waals surface area contributed by atoms with Crippen LogP contribution in [0.5, 0.6) is 11.5 Å². The fourth-order valence-electron chi connectivity index (χ4n) is 2.62. The van der Waals surface area contributed by atoms with Crippen molar-refractivity contribution in [3.8, 4) is 11.5 Å². The lowest BCUT2D eigenvalue weighted by molar-refractivity contribution is -0.124. The maximum Gasteiger partial charge on any atom is 0.247 e. The van der Waals surface area contributed by atoms with Gasteiger partial charge in [-0.2, -0.15) is 0 Å². The van der Waals surface area contributed by atoms with E-state index in [0.717, 1.165) is 10.6 Å². The molecule has 1 atom stereocenters. The van der Waals surface area contributed by atoms with Gasteiger partial charge in [0, 0.05) is 5.02 Å². The number of benzene rings is 2. The Bertz CT molecular complexity index is 1040. The number of rotatable bonds is 9. The standard InChI is InChI=1S/C22H31ClN2O5SSi/c1-22(2,3)32(5,6)30-20(21(24)26)15-25(31(4,27)28)17-9-13-19(14-10-17)29-18-11-7-16(23)8-12-18/h7-14,20H,15H2,1-6H3,(H2,24,26)/t20-/m0/s1. The summed E-state index contributed by atoms with van der Waals surface area (Å²) in [5, 5.41) is 0.428. The number of halogens is 1. The molecular weight excluding hydrogens is 468 g/mol. The number of primary amides is 1. The molecule has 0 aliphatic carbocycles. The Labute approximate surface area is 196 Å². The fraction of sp³-hybridized carbons (Fsp3) is 0.409. The summed E-state index contributed by atoms with van der Waals surface area (Å²) in [5.74, 6) is 0.415. The summed E-state index contributed by atoms with van der Waals surface area (Å²) < 4.78 is 38.1. The van der Waals surface area contributed by atoms with Crippen LogP contribution in [0.3, 0.4) is 0 Å². The second-order valence-corrected chi connectivity index (χ2v) is 16.2. The molecule has 0 saturated heterocycles. The predicted octanol–water partition coefficient (Wildman–Crippen LogP) is 4.77. The monoisotopic (exact) mass is 498 g/mol. The van der Waals surface area contributed by atoms with E-state index in [4.69, 9.17) is 26.5 Å². The molecule has 0 fully saturated rings. The van der Waals surface area contributed by atoms with Gasteiger partial charge in [0.15, 0.2) is 8.32 Å². The number of hydrogen-bond acceptors (Lipinski definition) is 5. The molecule has 176 valence electrons. The van der Waals surface area contributed by atoms with Crippen LogP contribution >= 0.6 is 11.6 Å². The van der Waals surface area contributed by atoms with E-state index in [2.05, 4.69) is 0 Å². The van der Waals surface area contributed by atoms with Crippen molar-refractivity contribution >= 4 is 41.5 Å². The average molecular weight is 499 g/mol. The van der Waals surface area contributed by atoms with Crippen LogP contribution in [0.15, 0.2) is 48.5 Å². The summed E-state index contributed by atoms with van der Waals surface area (Å²) in [5.41, 5.74) is 5.96. The van der Waals surface area contributed by atoms with Crippen LogP contribution in [0.25, 0.3) is 0 Å². The maximum absolute atomic E-state index is 12.5. The van der Waals surface area contributed by atoms with Gasteiger partial charge in [0.05, 0.1) is 18.5 Å². The second kappa shape index (κ2) is 9.82. The highest BCUT2D eigenvalue weighted by Gasteiger charge is 2.41. The summed E-state index contributed by atoms with van der Waals surface area (Å²) in [6.07, 6.45) is 0.00537. The number of sulfonamides is 1. The van der Waals surface area contributed by atoms with Crippen LogP contribution < -0.4 is 14.8 Å². The Hall–Kier alpha value is -2.07. The fourth-order valence-corrected chi connectivity index (χ4v) is 4.91. The van der Waals surface area contributed by atoms with E-state index in [1.165, 1.54) is 0 Å². The highest BCUT2D eigenvalue weighted by atomic mass is 35.5. The van der Waals surface area contributed by atoms with Crippen molar-refractivity contribution in [3.63, 3.8) is 0 Å². The number of nitrogens with two attached hydrogens (primary N) is 1. The third kappa shape index (κ3) is 6.96. The second-order valence-electron chi connectivity index (χ2n) is 9.11. The molecule has 2 aromatic carbocycles. The van der Waals surface area contributed by atoms with Crippen LogP contribution in [0.4, 0.5) is 5.69 Å². The van der Waals surface area contributed by atoms with Crippen LogP contribution in [-0.4, -0.2) is 41.5 Å². The quantitative estimate of drug-likeness (QED) is 0.502. The number of anilines is 1. The first-order valence-electron chi connectivity index (χ1n) is 10.1. The van der Waals surface area contributed by atoms with E-state index in [0.29, 0.717) is 22.2 Å². The number of carbonyl (C=O) groups excluding carboxylic acids is 1. The zero-order chi connectivity index (χ0) is 24.3. The van der Waals surface area contributed by atoms with Crippen molar-refractivity contribution in [2.75, 3.05) is 17.1 Å². The Morgan fingerprint density at radius 2 is 1.53 bits per heavy atom. The van der Waals surface area contributed by atoms with Crippen LogP contribution in [-0.2, 0) is 19.2 Å².